The summed E-state index contributed by atoms with van der Waals surface area (Å²) in [7, 11) is -3.26. The molecule has 1 fully saturated rings. The van der Waals surface area contributed by atoms with Gasteiger partial charge in [0.2, 0.25) is 11.8 Å². The molecule has 1 aliphatic rings. The highest BCUT2D eigenvalue weighted by molar-refractivity contribution is 7.91. The van der Waals surface area contributed by atoms with Crippen LogP contribution in [0.2, 0.25) is 0 Å². The zero-order chi connectivity index (χ0) is 18.1. The fraction of sp³-hybridized carbons (Fsp3) is 0.429. The molecule has 1 unspecified atom stereocenters. The van der Waals surface area contributed by atoms with Crippen molar-refractivity contribution in [3.05, 3.63) is 29.6 Å². The predicted octanol–water partition coefficient (Wildman–Crippen LogP) is 1.08. The Balaban J connectivity index is 2.09. The van der Waals surface area contributed by atoms with Gasteiger partial charge in [0.25, 0.3) is 0 Å². The number of rotatable bonds is 4. The summed E-state index contributed by atoms with van der Waals surface area (Å²) in [5.41, 5.74) is -0.568. The van der Waals surface area contributed by atoms with Crippen LogP contribution in [0, 0.1) is 17.5 Å². The van der Waals surface area contributed by atoms with Gasteiger partial charge in [-0.15, -0.1) is 0 Å². The molecule has 2 rings (SSSR count). The van der Waals surface area contributed by atoms with Crippen LogP contribution in [-0.4, -0.2) is 49.2 Å². The van der Waals surface area contributed by atoms with Crippen molar-refractivity contribution in [1.82, 2.24) is 4.90 Å². The predicted molar refractivity (Wildman–Crippen MR) is 79.4 cm³/mol. The fourth-order valence-electron chi connectivity index (χ4n) is 2.49. The lowest BCUT2D eigenvalue weighted by Crippen LogP contribution is -2.44. The molecule has 24 heavy (non-hydrogen) atoms. The second-order valence-electron chi connectivity index (χ2n) is 5.47. The van der Waals surface area contributed by atoms with Gasteiger partial charge in [-0.2, -0.15) is 0 Å². The summed E-state index contributed by atoms with van der Waals surface area (Å²) in [5.74, 6) is -6.37. The maximum absolute atomic E-state index is 13.5. The molecule has 2 amide bonds. The molecular formula is C14H15F3N2O4S. The molecule has 1 atom stereocenters. The van der Waals surface area contributed by atoms with Crippen molar-refractivity contribution in [3.8, 4) is 0 Å². The van der Waals surface area contributed by atoms with E-state index in [4.69, 9.17) is 0 Å². The maximum atomic E-state index is 13.5. The zero-order valence-electron chi connectivity index (χ0n) is 12.7. The van der Waals surface area contributed by atoms with Gasteiger partial charge in [-0.25, -0.2) is 21.6 Å². The lowest BCUT2D eigenvalue weighted by atomic mass is 10.2. The Hall–Kier alpha value is -2.10. The lowest BCUT2D eigenvalue weighted by molar-refractivity contribution is -0.134. The van der Waals surface area contributed by atoms with E-state index in [0.717, 1.165) is 11.0 Å². The third-order valence-electron chi connectivity index (χ3n) is 3.68. The normalized spacial score (nSPS) is 19.1. The average Bonchev–Trinajstić information content (AvgIpc) is 2.85. The summed E-state index contributed by atoms with van der Waals surface area (Å²) in [6, 6.07) is 0.859. The number of amides is 2. The molecule has 0 aliphatic carbocycles. The van der Waals surface area contributed by atoms with Crippen LogP contribution in [0.5, 0.6) is 0 Å². The highest BCUT2D eigenvalue weighted by atomic mass is 32.2. The second kappa shape index (κ2) is 6.80. The quantitative estimate of drug-likeness (QED) is 0.811. The Morgan fingerprint density at radius 3 is 2.46 bits per heavy atom. The van der Waals surface area contributed by atoms with E-state index in [1.54, 1.807) is 0 Å². The molecule has 1 N–H and O–H groups in total. The van der Waals surface area contributed by atoms with Gasteiger partial charge in [-0.3, -0.25) is 9.59 Å². The molecule has 1 aromatic carbocycles. The minimum atomic E-state index is -3.26. The van der Waals surface area contributed by atoms with E-state index >= 15 is 0 Å². The van der Waals surface area contributed by atoms with Crippen molar-refractivity contribution in [2.45, 2.75) is 19.4 Å². The number of carbonyl (C=O) groups is 2. The van der Waals surface area contributed by atoms with E-state index in [9.17, 15) is 31.2 Å². The van der Waals surface area contributed by atoms with Crippen molar-refractivity contribution < 1.29 is 31.2 Å². The Morgan fingerprint density at radius 2 is 1.92 bits per heavy atom. The van der Waals surface area contributed by atoms with Gasteiger partial charge in [-0.05, 0) is 18.6 Å². The van der Waals surface area contributed by atoms with Crippen molar-refractivity contribution in [1.29, 1.82) is 0 Å². The molecular weight excluding hydrogens is 349 g/mol. The highest BCUT2D eigenvalue weighted by Crippen LogP contribution is 2.21. The maximum Gasteiger partial charge on any atom is 0.244 e. The third kappa shape index (κ3) is 4.05. The SMILES string of the molecule is CC(=O)N(CC(=O)Nc1ccc(F)c(F)c1F)C1CCS(=O)(=O)C1. The highest BCUT2D eigenvalue weighted by Gasteiger charge is 2.34. The fourth-order valence-corrected chi connectivity index (χ4v) is 4.22. The molecule has 0 bridgehead atoms. The monoisotopic (exact) mass is 364 g/mol. The molecule has 10 heteroatoms. The third-order valence-corrected chi connectivity index (χ3v) is 5.43. The molecule has 1 aromatic rings. The van der Waals surface area contributed by atoms with Crippen LogP contribution in [0.4, 0.5) is 18.9 Å². The van der Waals surface area contributed by atoms with Crippen molar-refractivity contribution in [2.24, 2.45) is 0 Å². The standard InChI is InChI=1S/C14H15F3N2O4S/c1-8(20)19(9-4-5-24(22,23)7-9)6-12(21)18-11-3-2-10(15)13(16)14(11)17/h2-3,9H,4-7H2,1H3,(H,18,21). The molecule has 0 radical (unpaired) electrons. The number of carbonyl (C=O) groups excluding carboxylic acids is 2. The van der Waals surface area contributed by atoms with E-state index in [-0.39, 0.29) is 17.9 Å². The zero-order valence-corrected chi connectivity index (χ0v) is 13.5. The summed E-state index contributed by atoms with van der Waals surface area (Å²) in [6.07, 6.45) is 0.203. The number of anilines is 1. The van der Waals surface area contributed by atoms with E-state index < -0.39 is 57.4 Å². The first-order valence-electron chi connectivity index (χ1n) is 7.01. The largest absolute Gasteiger partial charge is 0.330 e. The smallest absolute Gasteiger partial charge is 0.244 e. The topological polar surface area (TPSA) is 83.6 Å². The number of hydrogen-bond donors (Lipinski definition) is 1. The molecule has 0 spiro atoms. The van der Waals surface area contributed by atoms with Crippen LogP contribution in [0.1, 0.15) is 13.3 Å². The summed E-state index contributed by atoms with van der Waals surface area (Å²) < 4.78 is 62.5. The van der Waals surface area contributed by atoms with Crippen LogP contribution in [0.15, 0.2) is 12.1 Å². The summed E-state index contributed by atoms with van der Waals surface area (Å²) >= 11 is 0. The van der Waals surface area contributed by atoms with Gasteiger partial charge in [0.05, 0.1) is 17.2 Å². The van der Waals surface area contributed by atoms with Gasteiger partial charge in [0, 0.05) is 13.0 Å². The number of nitrogens with one attached hydrogen (secondary N) is 1. The number of nitrogens with zero attached hydrogens (tertiary/aromatic N) is 1. The van der Waals surface area contributed by atoms with Crippen LogP contribution in [0.3, 0.4) is 0 Å². The summed E-state index contributed by atoms with van der Waals surface area (Å²) in [6.45, 7) is 0.657. The minimum absolute atomic E-state index is 0.0825. The van der Waals surface area contributed by atoms with Crippen molar-refractivity contribution in [3.63, 3.8) is 0 Å². The van der Waals surface area contributed by atoms with Gasteiger partial charge < -0.3 is 10.2 Å². The van der Waals surface area contributed by atoms with Crippen LogP contribution in [-0.2, 0) is 19.4 Å². The Morgan fingerprint density at radius 1 is 1.25 bits per heavy atom. The van der Waals surface area contributed by atoms with Crippen molar-refractivity contribution >= 4 is 27.3 Å². The van der Waals surface area contributed by atoms with Gasteiger partial charge >= 0.3 is 0 Å². The Bertz CT molecular complexity index is 782. The minimum Gasteiger partial charge on any atom is -0.330 e. The second-order valence-corrected chi connectivity index (χ2v) is 7.70. The number of halogens is 3. The van der Waals surface area contributed by atoms with Crippen LogP contribution >= 0.6 is 0 Å². The number of hydrogen-bond acceptors (Lipinski definition) is 4. The van der Waals surface area contributed by atoms with Crippen LogP contribution in [0.25, 0.3) is 0 Å². The molecule has 0 saturated carbocycles. The van der Waals surface area contributed by atoms with Crippen LogP contribution < -0.4 is 5.32 Å². The lowest BCUT2D eigenvalue weighted by Gasteiger charge is -2.26. The first kappa shape index (κ1) is 18.2. The Labute approximate surface area is 136 Å². The van der Waals surface area contributed by atoms with Gasteiger partial charge in [-0.1, -0.05) is 0 Å². The summed E-state index contributed by atoms with van der Waals surface area (Å²) in [5, 5.41) is 2.04. The molecule has 1 saturated heterocycles. The first-order valence-corrected chi connectivity index (χ1v) is 8.84. The van der Waals surface area contributed by atoms with E-state index in [1.165, 1.54) is 6.92 Å². The van der Waals surface area contributed by atoms with Gasteiger partial charge in [0.1, 0.15) is 6.54 Å². The molecule has 132 valence electrons. The first-order chi connectivity index (χ1) is 11.1. The average molecular weight is 364 g/mol. The Kier molecular flexibility index (Phi) is 5.16. The number of benzene rings is 1. The van der Waals surface area contributed by atoms with E-state index in [0.29, 0.717) is 6.07 Å². The number of sulfone groups is 1. The van der Waals surface area contributed by atoms with E-state index in [1.807, 2.05) is 5.32 Å². The van der Waals surface area contributed by atoms with Gasteiger partial charge in [0.15, 0.2) is 27.3 Å². The molecule has 6 nitrogen and oxygen atoms in total. The van der Waals surface area contributed by atoms with E-state index in [2.05, 4.69) is 0 Å². The molecule has 1 aliphatic heterocycles. The molecule has 1 heterocycles. The summed E-state index contributed by atoms with van der Waals surface area (Å²) in [4.78, 5) is 24.7. The molecule has 0 aromatic heterocycles. The van der Waals surface area contributed by atoms with Crippen molar-refractivity contribution in [2.75, 3.05) is 23.4 Å².